The maximum atomic E-state index is 12.9. The van der Waals surface area contributed by atoms with Crippen LogP contribution >= 0.6 is 23.1 Å². The molecular weight excluding hydrogens is 452 g/mol. The van der Waals surface area contributed by atoms with Crippen molar-refractivity contribution in [3.63, 3.8) is 0 Å². The van der Waals surface area contributed by atoms with E-state index in [0.717, 1.165) is 21.1 Å². The van der Waals surface area contributed by atoms with Gasteiger partial charge >= 0.3 is 0 Å². The van der Waals surface area contributed by atoms with Crippen LogP contribution in [0.1, 0.15) is 10.4 Å². The molecule has 7 nitrogen and oxygen atoms in total. The molecule has 0 spiro atoms. The topological polar surface area (TPSA) is 101 Å². The molecule has 0 saturated carbocycles. The fraction of sp³-hybridized carbons (Fsp3) is 0. The van der Waals surface area contributed by atoms with Gasteiger partial charge in [0.05, 0.1) is 5.69 Å². The van der Waals surface area contributed by atoms with Gasteiger partial charge in [0.25, 0.3) is 20.3 Å². The molecule has 0 bridgehead atoms. The molecule has 1 amide bonds. The van der Waals surface area contributed by atoms with Gasteiger partial charge in [0, 0.05) is 15.4 Å². The number of benzene rings is 3. The SMILES string of the molecule is O=C(Nc1nnc(S(=O)(=O)Nc2ccccc2Sc2ccccc2)s1)c1ccccc1. The Bertz CT molecular complexity index is 1290. The highest BCUT2D eigenvalue weighted by molar-refractivity contribution is 7.99. The van der Waals surface area contributed by atoms with Gasteiger partial charge in [-0.25, -0.2) is 0 Å². The molecule has 1 aromatic heterocycles. The smallest absolute Gasteiger partial charge is 0.291 e. The first-order valence-electron chi connectivity index (χ1n) is 9.06. The van der Waals surface area contributed by atoms with E-state index in [1.165, 1.54) is 11.8 Å². The summed E-state index contributed by atoms with van der Waals surface area (Å²) in [5.74, 6) is -0.390. The van der Waals surface area contributed by atoms with Gasteiger partial charge in [0.2, 0.25) is 5.13 Å². The summed E-state index contributed by atoms with van der Waals surface area (Å²) < 4.78 is 28.0. The molecule has 156 valence electrons. The van der Waals surface area contributed by atoms with E-state index in [-0.39, 0.29) is 9.47 Å². The number of aromatic nitrogens is 2. The zero-order chi connectivity index (χ0) is 21.7. The second-order valence-corrected chi connectivity index (χ2v) is 10.2. The van der Waals surface area contributed by atoms with Crippen molar-refractivity contribution >= 4 is 49.8 Å². The third-order valence-electron chi connectivity index (χ3n) is 4.00. The largest absolute Gasteiger partial charge is 0.296 e. The lowest BCUT2D eigenvalue weighted by atomic mass is 10.2. The highest BCUT2D eigenvalue weighted by Crippen LogP contribution is 2.34. The fourth-order valence-electron chi connectivity index (χ4n) is 2.57. The maximum absolute atomic E-state index is 12.9. The highest BCUT2D eigenvalue weighted by Gasteiger charge is 2.22. The summed E-state index contributed by atoms with van der Waals surface area (Å²) in [6.45, 7) is 0. The maximum Gasteiger partial charge on any atom is 0.291 e. The average molecular weight is 469 g/mol. The minimum absolute atomic E-state index is 0.0983. The van der Waals surface area contributed by atoms with Crippen LogP contribution in [-0.2, 0) is 10.0 Å². The second kappa shape index (κ2) is 9.29. The first-order chi connectivity index (χ1) is 15.0. The normalized spacial score (nSPS) is 11.1. The predicted octanol–water partition coefficient (Wildman–Crippen LogP) is 4.74. The lowest BCUT2D eigenvalue weighted by Gasteiger charge is -2.10. The lowest BCUT2D eigenvalue weighted by Crippen LogP contribution is -2.13. The number of anilines is 2. The van der Waals surface area contributed by atoms with Crippen molar-refractivity contribution in [2.24, 2.45) is 0 Å². The van der Waals surface area contributed by atoms with Crippen LogP contribution in [0.4, 0.5) is 10.8 Å². The molecule has 0 unspecified atom stereocenters. The minimum atomic E-state index is -3.98. The van der Waals surface area contributed by atoms with Crippen molar-refractivity contribution < 1.29 is 13.2 Å². The third-order valence-corrected chi connectivity index (χ3v) is 7.65. The summed E-state index contributed by atoms with van der Waals surface area (Å²) in [5, 5.41) is 10.2. The number of hydrogen-bond acceptors (Lipinski definition) is 7. The van der Waals surface area contributed by atoms with Crippen molar-refractivity contribution in [2.45, 2.75) is 14.1 Å². The lowest BCUT2D eigenvalue weighted by molar-refractivity contribution is 0.102. The summed E-state index contributed by atoms with van der Waals surface area (Å²) >= 11 is 2.23. The first kappa shape index (κ1) is 21.0. The molecule has 0 saturated heterocycles. The summed E-state index contributed by atoms with van der Waals surface area (Å²) in [6.07, 6.45) is 0. The summed E-state index contributed by atoms with van der Waals surface area (Å²) in [4.78, 5) is 14.0. The first-order valence-corrected chi connectivity index (χ1v) is 12.2. The van der Waals surface area contributed by atoms with Crippen LogP contribution < -0.4 is 10.0 Å². The molecule has 2 N–H and O–H groups in total. The molecule has 4 rings (SSSR count). The van der Waals surface area contributed by atoms with Crippen LogP contribution in [0.5, 0.6) is 0 Å². The summed E-state index contributed by atoms with van der Waals surface area (Å²) in [6, 6.07) is 25.3. The monoisotopic (exact) mass is 468 g/mol. The van der Waals surface area contributed by atoms with E-state index in [4.69, 9.17) is 0 Å². The van der Waals surface area contributed by atoms with Crippen molar-refractivity contribution in [3.8, 4) is 0 Å². The van der Waals surface area contributed by atoms with Gasteiger partial charge in [0.1, 0.15) is 0 Å². The van der Waals surface area contributed by atoms with E-state index >= 15 is 0 Å². The van der Waals surface area contributed by atoms with Crippen LogP contribution in [-0.4, -0.2) is 24.5 Å². The van der Waals surface area contributed by atoms with E-state index in [2.05, 4.69) is 20.2 Å². The van der Waals surface area contributed by atoms with E-state index in [1.54, 1.807) is 42.5 Å². The average Bonchev–Trinajstić information content (AvgIpc) is 3.26. The molecule has 4 aromatic rings. The zero-order valence-electron chi connectivity index (χ0n) is 15.9. The van der Waals surface area contributed by atoms with E-state index in [0.29, 0.717) is 11.3 Å². The Hall–Kier alpha value is -3.21. The van der Waals surface area contributed by atoms with Gasteiger partial charge in [-0.15, -0.1) is 10.2 Å². The van der Waals surface area contributed by atoms with Gasteiger partial charge in [-0.1, -0.05) is 71.6 Å². The van der Waals surface area contributed by atoms with Crippen molar-refractivity contribution in [2.75, 3.05) is 10.0 Å². The Balaban J connectivity index is 1.51. The predicted molar refractivity (Wildman–Crippen MR) is 122 cm³/mol. The number of carbonyl (C=O) groups is 1. The van der Waals surface area contributed by atoms with Gasteiger partial charge in [-0.3, -0.25) is 14.8 Å². The highest BCUT2D eigenvalue weighted by atomic mass is 32.2. The Morgan fingerprint density at radius 3 is 2.23 bits per heavy atom. The van der Waals surface area contributed by atoms with Gasteiger partial charge in [0.15, 0.2) is 0 Å². The number of hydrogen-bond donors (Lipinski definition) is 2. The molecule has 10 heteroatoms. The Kier molecular flexibility index (Phi) is 6.31. The van der Waals surface area contributed by atoms with Crippen LogP contribution in [0.3, 0.4) is 0 Å². The van der Waals surface area contributed by atoms with Gasteiger partial charge < -0.3 is 0 Å². The molecular formula is C21H16N4O3S3. The van der Waals surface area contributed by atoms with Gasteiger partial charge in [-0.05, 0) is 36.4 Å². The third kappa shape index (κ3) is 5.29. The Morgan fingerprint density at radius 2 is 1.48 bits per heavy atom. The quantitative estimate of drug-likeness (QED) is 0.380. The summed E-state index contributed by atoms with van der Waals surface area (Å²) in [5.41, 5.74) is 0.869. The number of carbonyl (C=O) groups excluding carboxylic acids is 1. The Labute approximate surface area is 187 Å². The van der Waals surface area contributed by atoms with Crippen LogP contribution in [0.15, 0.2) is 99.1 Å². The van der Waals surface area contributed by atoms with E-state index < -0.39 is 15.9 Å². The summed E-state index contributed by atoms with van der Waals surface area (Å²) in [7, 11) is -3.98. The second-order valence-electron chi connectivity index (χ2n) is 6.21. The molecule has 0 radical (unpaired) electrons. The molecule has 0 aliphatic carbocycles. The Morgan fingerprint density at radius 1 is 0.839 bits per heavy atom. The van der Waals surface area contributed by atoms with Crippen LogP contribution in [0, 0.1) is 0 Å². The van der Waals surface area contributed by atoms with Crippen molar-refractivity contribution in [3.05, 3.63) is 90.5 Å². The van der Waals surface area contributed by atoms with Crippen molar-refractivity contribution in [1.82, 2.24) is 10.2 Å². The minimum Gasteiger partial charge on any atom is -0.296 e. The number of nitrogens with zero attached hydrogens (tertiary/aromatic N) is 2. The number of rotatable bonds is 7. The molecule has 0 atom stereocenters. The van der Waals surface area contributed by atoms with E-state index in [9.17, 15) is 13.2 Å². The molecule has 0 fully saturated rings. The standard InChI is InChI=1S/C21H16N4O3S3/c26-19(15-9-3-1-4-10-15)22-20-23-24-21(30-20)31(27,28)25-17-13-7-8-14-18(17)29-16-11-5-2-6-12-16/h1-14,25H,(H,22,23,26). The number of amides is 1. The molecule has 1 heterocycles. The molecule has 0 aliphatic heterocycles. The van der Waals surface area contributed by atoms with Gasteiger partial charge in [-0.2, -0.15) is 8.42 Å². The molecule has 0 aliphatic rings. The van der Waals surface area contributed by atoms with Crippen molar-refractivity contribution in [1.29, 1.82) is 0 Å². The number of sulfonamides is 1. The zero-order valence-corrected chi connectivity index (χ0v) is 18.4. The fourth-order valence-corrected chi connectivity index (χ4v) is 5.54. The van der Waals surface area contributed by atoms with E-state index in [1.807, 2.05) is 42.5 Å². The van der Waals surface area contributed by atoms with Crippen LogP contribution in [0.2, 0.25) is 0 Å². The number of para-hydroxylation sites is 1. The molecule has 31 heavy (non-hydrogen) atoms. The molecule has 3 aromatic carbocycles. The van der Waals surface area contributed by atoms with Crippen LogP contribution in [0.25, 0.3) is 0 Å². The number of nitrogens with one attached hydrogen (secondary N) is 2.